The lowest BCUT2D eigenvalue weighted by atomic mass is 9.83. The molecule has 9 heteroatoms. The van der Waals surface area contributed by atoms with Gasteiger partial charge in [0.15, 0.2) is 0 Å². The molecule has 0 unspecified atom stereocenters. The van der Waals surface area contributed by atoms with Gasteiger partial charge in [0.2, 0.25) is 5.88 Å². The minimum Gasteiger partial charge on any atom is -0.439 e. The van der Waals surface area contributed by atoms with Gasteiger partial charge in [-0.25, -0.2) is 0 Å². The van der Waals surface area contributed by atoms with Gasteiger partial charge in [-0.1, -0.05) is 24.3 Å². The Morgan fingerprint density at radius 2 is 1.83 bits per heavy atom. The van der Waals surface area contributed by atoms with Crippen LogP contribution in [0.4, 0.5) is 13.2 Å². The molecule has 0 bridgehead atoms. The first-order valence-electron chi connectivity index (χ1n) is 8.76. The second kappa shape index (κ2) is 6.84. The van der Waals surface area contributed by atoms with E-state index in [1.54, 1.807) is 31.3 Å². The van der Waals surface area contributed by atoms with E-state index in [1.807, 2.05) is 6.07 Å². The number of rotatable bonds is 2. The molecule has 3 aromatic rings. The molecule has 2 N–H and O–H groups in total. The van der Waals surface area contributed by atoms with E-state index in [-0.39, 0.29) is 22.8 Å². The predicted octanol–water partition coefficient (Wildman–Crippen LogP) is 3.66. The highest BCUT2D eigenvalue weighted by Gasteiger charge is 2.36. The van der Waals surface area contributed by atoms with Crippen LogP contribution in [-0.4, -0.2) is 10.9 Å². The summed E-state index contributed by atoms with van der Waals surface area (Å²) in [5, 5.41) is 10.3. The highest BCUT2D eigenvalue weighted by molar-refractivity contribution is 5.88. The molecule has 2 heterocycles. The number of nitrogens with two attached hydrogens (primary N) is 1. The number of benzene rings is 2. The fraction of sp³-hybridized carbons (Fsp3) is 0.143. The van der Waals surface area contributed by atoms with Crippen molar-refractivity contribution in [2.45, 2.75) is 12.3 Å². The molecule has 1 aliphatic heterocycles. The van der Waals surface area contributed by atoms with Gasteiger partial charge in [-0.3, -0.25) is 4.79 Å². The second-order valence-electron chi connectivity index (χ2n) is 6.67. The Morgan fingerprint density at radius 1 is 1.17 bits per heavy atom. The standard InChI is InChI=1S/C21H14F3N3O3/c1-27-15-5-3-2-4-13(15)18-17(20(27)28)16(14(10-25)19(26)29-18)11-6-8-12(9-7-11)30-21(22,23)24/h2-9,16H,26H2,1H3/t16-/m1/s1. The molecule has 30 heavy (non-hydrogen) atoms. The first kappa shape index (κ1) is 19.4. The number of hydrogen-bond acceptors (Lipinski definition) is 5. The summed E-state index contributed by atoms with van der Waals surface area (Å²) in [6.45, 7) is 0. The Bertz CT molecular complexity index is 1290. The van der Waals surface area contributed by atoms with Crippen molar-refractivity contribution in [1.82, 2.24) is 4.57 Å². The molecule has 1 atom stereocenters. The van der Waals surface area contributed by atoms with Crippen LogP contribution < -0.4 is 20.8 Å². The highest BCUT2D eigenvalue weighted by atomic mass is 19.4. The predicted molar refractivity (Wildman–Crippen MR) is 102 cm³/mol. The van der Waals surface area contributed by atoms with Crippen LogP contribution in [0.1, 0.15) is 17.0 Å². The van der Waals surface area contributed by atoms with E-state index in [4.69, 9.17) is 10.5 Å². The van der Waals surface area contributed by atoms with E-state index in [0.717, 1.165) is 12.1 Å². The van der Waals surface area contributed by atoms with Gasteiger partial charge in [-0.2, -0.15) is 5.26 Å². The molecule has 1 aromatic heterocycles. The molecule has 0 saturated carbocycles. The van der Waals surface area contributed by atoms with Gasteiger partial charge in [0.1, 0.15) is 23.1 Å². The number of aromatic nitrogens is 1. The number of pyridine rings is 1. The third kappa shape index (κ3) is 3.12. The number of nitrogens with zero attached hydrogens (tertiary/aromatic N) is 2. The molecule has 0 saturated heterocycles. The van der Waals surface area contributed by atoms with Gasteiger partial charge in [-0.05, 0) is 29.8 Å². The molecule has 0 radical (unpaired) electrons. The first-order valence-corrected chi connectivity index (χ1v) is 8.76. The van der Waals surface area contributed by atoms with Crippen LogP contribution in [-0.2, 0) is 7.05 Å². The maximum atomic E-state index is 13.2. The number of halogens is 3. The fourth-order valence-electron chi connectivity index (χ4n) is 3.62. The summed E-state index contributed by atoms with van der Waals surface area (Å²) in [4.78, 5) is 13.2. The Labute approximate surface area is 168 Å². The molecule has 152 valence electrons. The maximum Gasteiger partial charge on any atom is 0.573 e. The minimum atomic E-state index is -4.83. The Morgan fingerprint density at radius 3 is 2.47 bits per heavy atom. The fourth-order valence-corrected chi connectivity index (χ4v) is 3.62. The summed E-state index contributed by atoms with van der Waals surface area (Å²) in [7, 11) is 1.59. The molecular formula is C21H14F3N3O3. The average Bonchev–Trinajstić information content (AvgIpc) is 2.70. The number of hydrogen-bond donors (Lipinski definition) is 1. The molecule has 0 amide bonds. The van der Waals surface area contributed by atoms with Crippen molar-refractivity contribution in [2.24, 2.45) is 12.8 Å². The lowest BCUT2D eigenvalue weighted by molar-refractivity contribution is -0.274. The SMILES string of the molecule is Cn1c(=O)c2c(c3ccccc31)OC(N)=C(C#N)[C@H]2c1ccc(OC(F)(F)F)cc1. The van der Waals surface area contributed by atoms with E-state index >= 15 is 0 Å². The summed E-state index contributed by atoms with van der Waals surface area (Å²) in [6.07, 6.45) is -4.83. The van der Waals surface area contributed by atoms with Crippen LogP contribution in [0.3, 0.4) is 0 Å². The topological polar surface area (TPSA) is 90.3 Å². The van der Waals surface area contributed by atoms with Crippen molar-refractivity contribution in [3.05, 3.63) is 81.5 Å². The molecule has 0 aliphatic carbocycles. The van der Waals surface area contributed by atoms with Gasteiger partial charge in [0.25, 0.3) is 5.56 Å². The summed E-state index contributed by atoms with van der Waals surface area (Å²) in [5.74, 6) is -1.25. The average molecular weight is 413 g/mol. The normalized spacial score (nSPS) is 16.0. The minimum absolute atomic E-state index is 0.000583. The number of fused-ring (bicyclic) bond motifs is 3. The van der Waals surface area contributed by atoms with Gasteiger partial charge in [-0.15, -0.1) is 13.2 Å². The maximum absolute atomic E-state index is 13.2. The van der Waals surface area contributed by atoms with Gasteiger partial charge in [0, 0.05) is 12.4 Å². The summed E-state index contributed by atoms with van der Waals surface area (Å²) in [5.41, 5.74) is 6.78. The molecule has 0 fully saturated rings. The Kier molecular flexibility index (Phi) is 4.42. The van der Waals surface area contributed by atoms with Gasteiger partial charge < -0.3 is 19.8 Å². The zero-order valence-electron chi connectivity index (χ0n) is 15.5. The van der Waals surface area contributed by atoms with E-state index in [2.05, 4.69) is 4.74 Å². The van der Waals surface area contributed by atoms with Crippen molar-refractivity contribution in [3.8, 4) is 17.6 Å². The largest absolute Gasteiger partial charge is 0.573 e. The molecule has 0 spiro atoms. The van der Waals surface area contributed by atoms with Crippen molar-refractivity contribution >= 4 is 10.9 Å². The highest BCUT2D eigenvalue weighted by Crippen LogP contribution is 2.43. The van der Waals surface area contributed by atoms with Crippen molar-refractivity contribution < 1.29 is 22.6 Å². The lowest BCUT2D eigenvalue weighted by Gasteiger charge is -2.27. The molecular weight excluding hydrogens is 399 g/mol. The second-order valence-corrected chi connectivity index (χ2v) is 6.67. The van der Waals surface area contributed by atoms with Crippen molar-refractivity contribution in [3.63, 3.8) is 0 Å². The molecule has 2 aromatic carbocycles. The number of para-hydroxylation sites is 1. The summed E-state index contributed by atoms with van der Waals surface area (Å²) >= 11 is 0. The number of nitriles is 1. The molecule has 6 nitrogen and oxygen atoms in total. The third-order valence-electron chi connectivity index (χ3n) is 4.91. The van der Waals surface area contributed by atoms with Crippen molar-refractivity contribution in [1.29, 1.82) is 5.26 Å². The van der Waals surface area contributed by atoms with Gasteiger partial charge >= 0.3 is 6.36 Å². The summed E-state index contributed by atoms with van der Waals surface area (Å²) in [6, 6.07) is 14.0. The van der Waals surface area contributed by atoms with Crippen LogP contribution in [0.25, 0.3) is 10.9 Å². The molecule has 1 aliphatic rings. The number of alkyl halides is 3. The zero-order valence-corrected chi connectivity index (χ0v) is 15.5. The molecule has 4 rings (SSSR count). The lowest BCUT2D eigenvalue weighted by Crippen LogP contribution is -2.31. The Hall–Kier alpha value is -3.93. The summed E-state index contributed by atoms with van der Waals surface area (Å²) < 4.78 is 48.4. The number of ether oxygens (including phenoxy) is 2. The van der Waals surface area contributed by atoms with Crippen molar-refractivity contribution in [2.75, 3.05) is 0 Å². The third-order valence-corrected chi connectivity index (χ3v) is 4.91. The van der Waals surface area contributed by atoms with E-state index in [1.165, 1.54) is 16.7 Å². The van der Waals surface area contributed by atoms with Crippen LogP contribution in [0.5, 0.6) is 11.5 Å². The van der Waals surface area contributed by atoms with Crippen LogP contribution in [0, 0.1) is 11.3 Å². The quantitative estimate of drug-likeness (QED) is 0.693. The van der Waals surface area contributed by atoms with Gasteiger partial charge in [0.05, 0.1) is 17.0 Å². The number of aryl methyl sites for hydroxylation is 1. The van der Waals surface area contributed by atoms with E-state index < -0.39 is 23.6 Å². The Balaban J connectivity index is 1.95. The number of allylic oxidation sites excluding steroid dienone is 1. The van der Waals surface area contributed by atoms with Crippen LogP contribution in [0.2, 0.25) is 0 Å². The monoisotopic (exact) mass is 413 g/mol. The zero-order chi connectivity index (χ0) is 21.6. The first-order chi connectivity index (χ1) is 14.2. The van der Waals surface area contributed by atoms with E-state index in [9.17, 15) is 23.2 Å². The van der Waals surface area contributed by atoms with Crippen LogP contribution in [0.15, 0.2) is 64.8 Å². The van der Waals surface area contributed by atoms with Crippen LogP contribution >= 0.6 is 0 Å². The smallest absolute Gasteiger partial charge is 0.439 e. The van der Waals surface area contributed by atoms with E-state index in [0.29, 0.717) is 16.5 Å².